The number of carbonyl (C=O) groups excluding carboxylic acids is 1. The first-order chi connectivity index (χ1) is 13.6. The summed E-state index contributed by atoms with van der Waals surface area (Å²) in [7, 11) is 2.12. The highest BCUT2D eigenvalue weighted by molar-refractivity contribution is 6.31. The van der Waals surface area contributed by atoms with Crippen molar-refractivity contribution in [3.63, 3.8) is 0 Å². The number of piperazine rings is 1. The first-order valence-electron chi connectivity index (χ1n) is 9.50. The molecule has 0 unspecified atom stereocenters. The van der Waals surface area contributed by atoms with E-state index in [4.69, 9.17) is 16.3 Å². The number of rotatable bonds is 6. The normalized spacial score (nSPS) is 15.0. The van der Waals surface area contributed by atoms with E-state index in [0.29, 0.717) is 11.6 Å². The summed E-state index contributed by atoms with van der Waals surface area (Å²) in [6.07, 6.45) is 3.28. The Balaban J connectivity index is 1.74. The number of anilines is 2. The molecule has 0 spiro atoms. The first-order valence-corrected chi connectivity index (χ1v) is 9.88. The molecule has 0 saturated carbocycles. The van der Waals surface area contributed by atoms with Crippen LogP contribution in [0.15, 0.2) is 48.5 Å². The van der Waals surface area contributed by atoms with Crippen molar-refractivity contribution in [2.45, 2.75) is 6.92 Å². The molecule has 0 radical (unpaired) electrons. The lowest BCUT2D eigenvalue weighted by Crippen LogP contribution is -2.44. The smallest absolute Gasteiger partial charge is 0.248 e. The molecule has 6 heteroatoms. The Morgan fingerprint density at radius 1 is 1.18 bits per heavy atom. The Labute approximate surface area is 171 Å². The van der Waals surface area contributed by atoms with Gasteiger partial charge in [0.05, 0.1) is 18.0 Å². The average Bonchev–Trinajstić information content (AvgIpc) is 2.69. The Bertz CT molecular complexity index is 845. The molecule has 2 aromatic rings. The molecular formula is C22H26ClN3O2. The van der Waals surface area contributed by atoms with Crippen molar-refractivity contribution in [3.05, 3.63) is 59.1 Å². The van der Waals surface area contributed by atoms with E-state index in [0.717, 1.165) is 48.9 Å². The molecule has 5 nitrogen and oxygen atoms in total. The number of hydrogen-bond acceptors (Lipinski definition) is 4. The monoisotopic (exact) mass is 399 g/mol. The number of hydrogen-bond donors (Lipinski definition) is 1. The van der Waals surface area contributed by atoms with Crippen LogP contribution in [0.2, 0.25) is 5.02 Å². The zero-order valence-electron chi connectivity index (χ0n) is 16.3. The second kappa shape index (κ2) is 9.62. The molecule has 0 aliphatic carbocycles. The third-order valence-electron chi connectivity index (χ3n) is 4.69. The van der Waals surface area contributed by atoms with Gasteiger partial charge in [-0.15, -0.1) is 0 Å². The van der Waals surface area contributed by atoms with Crippen LogP contribution in [0.4, 0.5) is 11.4 Å². The molecule has 1 fully saturated rings. The van der Waals surface area contributed by atoms with Crippen LogP contribution in [0.1, 0.15) is 12.5 Å². The van der Waals surface area contributed by atoms with E-state index in [9.17, 15) is 4.79 Å². The number of halogens is 1. The lowest BCUT2D eigenvalue weighted by molar-refractivity contribution is -0.111. The largest absolute Gasteiger partial charge is 0.493 e. The van der Waals surface area contributed by atoms with Gasteiger partial charge >= 0.3 is 0 Å². The number of nitrogens with zero attached hydrogens (tertiary/aromatic N) is 2. The van der Waals surface area contributed by atoms with Crippen molar-refractivity contribution in [1.29, 1.82) is 0 Å². The van der Waals surface area contributed by atoms with Crippen molar-refractivity contribution >= 4 is 35.0 Å². The molecule has 1 N–H and O–H groups in total. The predicted octanol–water partition coefficient (Wildman–Crippen LogP) is 4.14. The summed E-state index contributed by atoms with van der Waals surface area (Å²) in [4.78, 5) is 17.1. The van der Waals surface area contributed by atoms with Gasteiger partial charge in [-0.25, -0.2) is 0 Å². The fraction of sp³-hybridized carbons (Fsp3) is 0.318. The fourth-order valence-corrected chi connectivity index (χ4v) is 3.35. The van der Waals surface area contributed by atoms with Gasteiger partial charge in [0.15, 0.2) is 0 Å². The molecule has 2 aromatic carbocycles. The van der Waals surface area contributed by atoms with Crippen molar-refractivity contribution < 1.29 is 9.53 Å². The minimum atomic E-state index is -0.205. The maximum absolute atomic E-state index is 12.5. The van der Waals surface area contributed by atoms with Gasteiger partial charge in [0.2, 0.25) is 5.91 Å². The summed E-state index contributed by atoms with van der Waals surface area (Å²) >= 11 is 6.18. The second-order valence-electron chi connectivity index (χ2n) is 6.75. The topological polar surface area (TPSA) is 44.8 Å². The molecule has 1 heterocycles. The summed E-state index contributed by atoms with van der Waals surface area (Å²) in [5.74, 6) is 0.555. The van der Waals surface area contributed by atoms with Crippen LogP contribution in [-0.4, -0.2) is 50.6 Å². The Morgan fingerprint density at radius 3 is 2.68 bits per heavy atom. The summed E-state index contributed by atoms with van der Waals surface area (Å²) in [5.41, 5.74) is 2.59. The molecule has 3 rings (SSSR count). The molecule has 1 aliphatic heterocycles. The van der Waals surface area contributed by atoms with Gasteiger partial charge in [-0.05, 0) is 44.3 Å². The minimum absolute atomic E-state index is 0.205. The lowest BCUT2D eigenvalue weighted by atomic mass is 10.2. The van der Waals surface area contributed by atoms with Gasteiger partial charge in [0.1, 0.15) is 5.75 Å². The van der Waals surface area contributed by atoms with Crippen molar-refractivity contribution in [3.8, 4) is 5.75 Å². The van der Waals surface area contributed by atoms with Crippen LogP contribution >= 0.6 is 11.6 Å². The maximum Gasteiger partial charge on any atom is 0.248 e. The van der Waals surface area contributed by atoms with Crippen LogP contribution in [-0.2, 0) is 4.79 Å². The molecule has 1 aliphatic rings. The zero-order valence-corrected chi connectivity index (χ0v) is 17.1. The number of nitrogens with one attached hydrogen (secondary N) is 1. The molecule has 1 saturated heterocycles. The van der Waals surface area contributed by atoms with Gasteiger partial charge in [-0.1, -0.05) is 29.8 Å². The SMILES string of the molecule is CCOc1ccccc1/C=C/C(=O)Nc1cc(Cl)ccc1N1CCN(C)CC1. The van der Waals surface area contributed by atoms with Crippen molar-refractivity contribution in [2.75, 3.05) is 50.1 Å². The number of likely N-dealkylation sites (N-methyl/N-ethyl adjacent to an activating group) is 1. The second-order valence-corrected chi connectivity index (χ2v) is 7.18. The predicted molar refractivity (Wildman–Crippen MR) is 116 cm³/mol. The highest BCUT2D eigenvalue weighted by atomic mass is 35.5. The molecule has 28 heavy (non-hydrogen) atoms. The number of amides is 1. The molecule has 0 bridgehead atoms. The van der Waals surface area contributed by atoms with Gasteiger partial charge in [-0.3, -0.25) is 4.79 Å². The number of benzene rings is 2. The first kappa shape index (κ1) is 20.2. The molecule has 1 amide bonds. The van der Waals surface area contributed by atoms with Crippen LogP contribution in [0, 0.1) is 0 Å². The summed E-state index contributed by atoms with van der Waals surface area (Å²) in [5, 5.41) is 3.57. The van der Waals surface area contributed by atoms with Crippen LogP contribution < -0.4 is 15.0 Å². The van der Waals surface area contributed by atoms with E-state index in [-0.39, 0.29) is 5.91 Å². The van der Waals surface area contributed by atoms with E-state index in [1.165, 1.54) is 6.08 Å². The number of ether oxygens (including phenoxy) is 1. The maximum atomic E-state index is 12.5. The highest BCUT2D eigenvalue weighted by Crippen LogP contribution is 2.30. The van der Waals surface area contributed by atoms with Crippen LogP contribution in [0.25, 0.3) is 6.08 Å². The van der Waals surface area contributed by atoms with E-state index < -0.39 is 0 Å². The number of carbonyl (C=O) groups is 1. The fourth-order valence-electron chi connectivity index (χ4n) is 3.18. The van der Waals surface area contributed by atoms with E-state index in [2.05, 4.69) is 22.2 Å². The van der Waals surface area contributed by atoms with Gasteiger partial charge in [0, 0.05) is 42.8 Å². The van der Waals surface area contributed by atoms with Gasteiger partial charge in [0.25, 0.3) is 0 Å². The van der Waals surface area contributed by atoms with Crippen LogP contribution in [0.5, 0.6) is 5.75 Å². The Morgan fingerprint density at radius 2 is 1.93 bits per heavy atom. The summed E-state index contributed by atoms with van der Waals surface area (Å²) in [6, 6.07) is 13.3. The minimum Gasteiger partial charge on any atom is -0.493 e. The van der Waals surface area contributed by atoms with Crippen LogP contribution in [0.3, 0.4) is 0 Å². The average molecular weight is 400 g/mol. The standard InChI is InChI=1S/C22H26ClN3O2/c1-3-28-21-7-5-4-6-17(21)8-11-22(27)24-19-16-18(23)9-10-20(19)26-14-12-25(2)13-15-26/h4-11,16H,3,12-15H2,1-2H3,(H,24,27)/b11-8+. The van der Waals surface area contributed by atoms with Crippen molar-refractivity contribution in [1.82, 2.24) is 4.90 Å². The van der Waals surface area contributed by atoms with E-state index >= 15 is 0 Å². The van der Waals surface area contributed by atoms with E-state index in [1.54, 1.807) is 12.1 Å². The van der Waals surface area contributed by atoms with Gasteiger partial charge in [-0.2, -0.15) is 0 Å². The summed E-state index contributed by atoms with van der Waals surface area (Å²) < 4.78 is 5.60. The zero-order chi connectivity index (χ0) is 19.9. The summed E-state index contributed by atoms with van der Waals surface area (Å²) in [6.45, 7) is 6.32. The van der Waals surface area contributed by atoms with Gasteiger partial charge < -0.3 is 19.9 Å². The Hall–Kier alpha value is -2.50. The number of para-hydroxylation sites is 1. The molecule has 148 valence electrons. The molecule has 0 atom stereocenters. The highest BCUT2D eigenvalue weighted by Gasteiger charge is 2.18. The Kier molecular flexibility index (Phi) is 6.95. The third-order valence-corrected chi connectivity index (χ3v) is 4.93. The molecule has 0 aromatic heterocycles. The molecular weight excluding hydrogens is 374 g/mol. The van der Waals surface area contributed by atoms with Crippen molar-refractivity contribution in [2.24, 2.45) is 0 Å². The lowest BCUT2D eigenvalue weighted by Gasteiger charge is -2.35. The van der Waals surface area contributed by atoms with E-state index in [1.807, 2.05) is 43.3 Å². The quantitative estimate of drug-likeness (QED) is 0.741. The third kappa shape index (κ3) is 5.27.